The van der Waals surface area contributed by atoms with Crippen molar-refractivity contribution in [2.24, 2.45) is 0 Å². The van der Waals surface area contributed by atoms with Gasteiger partial charge in [-0.3, -0.25) is 4.79 Å². The molecule has 0 fully saturated rings. The van der Waals surface area contributed by atoms with Crippen LogP contribution in [-0.4, -0.2) is 21.9 Å². The van der Waals surface area contributed by atoms with E-state index < -0.39 is 24.2 Å². The Morgan fingerprint density at radius 2 is 1.59 bits per heavy atom. The van der Waals surface area contributed by atoms with E-state index in [0.717, 1.165) is 10.2 Å². The second-order valence-electron chi connectivity index (χ2n) is 8.71. The van der Waals surface area contributed by atoms with Crippen molar-refractivity contribution in [1.29, 1.82) is 0 Å². The zero-order valence-corrected chi connectivity index (χ0v) is 20.8. The topological polar surface area (TPSA) is 50.2 Å². The summed E-state index contributed by atoms with van der Waals surface area (Å²) in [6, 6.07) is 22.0. The molecule has 1 aliphatic rings. The van der Waals surface area contributed by atoms with Gasteiger partial charge in [0, 0.05) is 17.1 Å². The Labute approximate surface area is 221 Å². The minimum Gasteiger partial charge on any atom is -0.362 e. The summed E-state index contributed by atoms with van der Waals surface area (Å²) in [5, 5.41) is 7.49. The van der Waals surface area contributed by atoms with Crippen LogP contribution in [0.2, 0.25) is 10.0 Å². The molecular formula is C27H21Cl2F3N4O. The molecule has 190 valence electrons. The van der Waals surface area contributed by atoms with Gasteiger partial charge in [-0.25, -0.2) is 4.68 Å². The first kappa shape index (κ1) is 25.2. The normalized spacial score (nSPS) is 17.1. The van der Waals surface area contributed by atoms with E-state index in [2.05, 4.69) is 10.4 Å². The smallest absolute Gasteiger partial charge is 0.362 e. The Hall–Kier alpha value is -3.49. The summed E-state index contributed by atoms with van der Waals surface area (Å²) >= 11 is 12.5. The van der Waals surface area contributed by atoms with Crippen LogP contribution >= 0.6 is 23.2 Å². The minimum absolute atomic E-state index is 0.0498. The molecule has 0 radical (unpaired) electrons. The van der Waals surface area contributed by atoms with Gasteiger partial charge in [0.2, 0.25) is 0 Å². The maximum Gasteiger partial charge on any atom is 0.410 e. The number of amides is 1. The Morgan fingerprint density at radius 1 is 0.973 bits per heavy atom. The molecule has 37 heavy (non-hydrogen) atoms. The molecule has 0 aliphatic carbocycles. The summed E-state index contributed by atoms with van der Waals surface area (Å²) in [5.74, 6) is -0.654. The zero-order valence-electron chi connectivity index (χ0n) is 19.3. The maximum atomic E-state index is 14.2. The second-order valence-corrected chi connectivity index (χ2v) is 9.52. The van der Waals surface area contributed by atoms with Crippen LogP contribution < -0.4 is 10.2 Å². The summed E-state index contributed by atoms with van der Waals surface area (Å²) in [6.45, 7) is 0.186. The van der Waals surface area contributed by atoms with Gasteiger partial charge in [-0.2, -0.15) is 18.3 Å². The average molecular weight is 545 g/mol. The van der Waals surface area contributed by atoms with Crippen molar-refractivity contribution >= 4 is 40.6 Å². The van der Waals surface area contributed by atoms with Gasteiger partial charge in [-0.15, -0.1) is 0 Å². The molecule has 1 amide bonds. The fourth-order valence-electron chi connectivity index (χ4n) is 4.42. The molecule has 1 aliphatic heterocycles. The molecule has 3 aromatic carbocycles. The van der Waals surface area contributed by atoms with E-state index >= 15 is 0 Å². The van der Waals surface area contributed by atoms with Crippen LogP contribution in [0.15, 0.2) is 84.9 Å². The van der Waals surface area contributed by atoms with Crippen LogP contribution in [0.4, 0.5) is 24.7 Å². The van der Waals surface area contributed by atoms with Crippen LogP contribution in [0.1, 0.15) is 40.1 Å². The molecule has 4 aromatic rings. The molecule has 0 unspecified atom stereocenters. The van der Waals surface area contributed by atoms with Crippen molar-refractivity contribution in [3.8, 4) is 0 Å². The van der Waals surface area contributed by atoms with Crippen molar-refractivity contribution in [3.05, 3.63) is 112 Å². The Balaban J connectivity index is 1.55. The van der Waals surface area contributed by atoms with Crippen LogP contribution in [0, 0.1) is 0 Å². The second kappa shape index (κ2) is 10.1. The summed E-state index contributed by atoms with van der Waals surface area (Å²) in [4.78, 5) is 15.2. The number of nitrogens with zero attached hydrogens (tertiary/aromatic N) is 3. The fourth-order valence-corrected chi connectivity index (χ4v) is 4.81. The highest BCUT2D eigenvalue weighted by atomic mass is 35.5. The van der Waals surface area contributed by atoms with E-state index in [9.17, 15) is 18.0 Å². The number of rotatable bonds is 5. The van der Waals surface area contributed by atoms with E-state index in [1.165, 1.54) is 4.90 Å². The van der Waals surface area contributed by atoms with Gasteiger partial charge in [0.25, 0.3) is 5.91 Å². The third-order valence-electron chi connectivity index (χ3n) is 6.27. The van der Waals surface area contributed by atoms with Gasteiger partial charge in [0.15, 0.2) is 11.7 Å². The lowest BCUT2D eigenvalue weighted by atomic mass is 9.97. The monoisotopic (exact) mass is 544 g/mol. The van der Waals surface area contributed by atoms with Crippen molar-refractivity contribution < 1.29 is 18.0 Å². The number of hydrogen-bond acceptors (Lipinski definition) is 3. The lowest BCUT2D eigenvalue weighted by Gasteiger charge is -2.33. The van der Waals surface area contributed by atoms with Gasteiger partial charge in [0.05, 0.1) is 12.6 Å². The van der Waals surface area contributed by atoms with Gasteiger partial charge >= 0.3 is 6.18 Å². The predicted molar refractivity (Wildman–Crippen MR) is 138 cm³/mol. The van der Waals surface area contributed by atoms with Crippen molar-refractivity contribution in [3.63, 3.8) is 0 Å². The largest absolute Gasteiger partial charge is 0.410 e. The third-order valence-corrected chi connectivity index (χ3v) is 6.88. The summed E-state index contributed by atoms with van der Waals surface area (Å²) in [6.07, 6.45) is -4.93. The molecule has 2 heterocycles. The number of carbonyl (C=O) groups excluding carboxylic acids is 1. The highest BCUT2D eigenvalue weighted by Gasteiger charge is 2.48. The first-order valence-electron chi connectivity index (χ1n) is 11.5. The number of anilines is 2. The Kier molecular flexibility index (Phi) is 6.88. The number of benzene rings is 3. The quantitative estimate of drug-likeness (QED) is 0.280. The number of carbonyl (C=O) groups is 1. The number of halogens is 5. The Bertz CT molecular complexity index is 1390. The molecule has 0 saturated heterocycles. The number of hydrogen-bond donors (Lipinski definition) is 1. The average Bonchev–Trinajstić information content (AvgIpc) is 3.23. The lowest BCUT2D eigenvalue weighted by Crippen LogP contribution is -2.36. The summed E-state index contributed by atoms with van der Waals surface area (Å²) in [5.41, 5.74) is 1.77. The number of para-hydroxylation sites is 1. The van der Waals surface area contributed by atoms with E-state index in [-0.39, 0.29) is 29.5 Å². The fraction of sp³-hybridized carbons (Fsp3) is 0.185. The maximum absolute atomic E-state index is 14.2. The van der Waals surface area contributed by atoms with E-state index in [4.69, 9.17) is 23.2 Å². The van der Waals surface area contributed by atoms with Gasteiger partial charge in [-0.1, -0.05) is 83.9 Å². The molecule has 10 heteroatoms. The molecule has 0 bridgehead atoms. The van der Waals surface area contributed by atoms with Gasteiger partial charge in [0.1, 0.15) is 10.8 Å². The number of aromatic nitrogens is 2. The highest BCUT2D eigenvalue weighted by Crippen LogP contribution is 2.46. The molecule has 2 atom stereocenters. The molecule has 5 rings (SSSR count). The van der Waals surface area contributed by atoms with E-state index in [0.29, 0.717) is 16.3 Å². The van der Waals surface area contributed by atoms with Crippen molar-refractivity contribution in [1.82, 2.24) is 9.78 Å². The van der Waals surface area contributed by atoms with E-state index in [1.807, 2.05) is 36.4 Å². The van der Waals surface area contributed by atoms with Crippen LogP contribution in [-0.2, 0) is 6.54 Å². The first-order chi connectivity index (χ1) is 17.7. The van der Waals surface area contributed by atoms with Crippen LogP contribution in [0.5, 0.6) is 0 Å². The molecule has 1 N–H and O–H groups in total. The molecule has 0 spiro atoms. The third kappa shape index (κ3) is 5.17. The van der Waals surface area contributed by atoms with Crippen molar-refractivity contribution in [2.45, 2.75) is 31.2 Å². The number of fused-ring (bicyclic) bond motifs is 1. The van der Waals surface area contributed by atoms with Gasteiger partial charge in [-0.05, 0) is 35.4 Å². The standard InChI is InChI=1S/C27H21Cl2F3N4O/c28-19-13-11-18(12-14-19)21-15-22(27(30,31)32)36-25(33-21)23(29)24(34-36)26(37)35(20-9-5-2-6-10-20)16-17-7-3-1-4-8-17/h1-14,21-22,33H,15-16H2/t21-,22-/m0/s1. The summed E-state index contributed by atoms with van der Waals surface area (Å²) in [7, 11) is 0. The summed E-state index contributed by atoms with van der Waals surface area (Å²) < 4.78 is 43.3. The Morgan fingerprint density at radius 3 is 2.22 bits per heavy atom. The number of nitrogens with one attached hydrogen (secondary N) is 1. The molecule has 5 nitrogen and oxygen atoms in total. The SMILES string of the molecule is O=C(c1nn2c(c1Cl)N[C@H](c1ccc(Cl)cc1)C[C@H]2C(F)(F)F)N(Cc1ccccc1)c1ccccc1. The lowest BCUT2D eigenvalue weighted by molar-refractivity contribution is -0.173. The molecular weight excluding hydrogens is 524 g/mol. The van der Waals surface area contributed by atoms with Crippen LogP contribution in [0.3, 0.4) is 0 Å². The van der Waals surface area contributed by atoms with Gasteiger partial charge < -0.3 is 10.2 Å². The van der Waals surface area contributed by atoms with Crippen molar-refractivity contribution in [2.75, 3.05) is 10.2 Å². The number of alkyl halides is 3. The highest BCUT2D eigenvalue weighted by molar-refractivity contribution is 6.36. The van der Waals surface area contributed by atoms with Crippen LogP contribution in [0.25, 0.3) is 0 Å². The zero-order chi connectivity index (χ0) is 26.2. The van der Waals surface area contributed by atoms with E-state index in [1.54, 1.807) is 48.5 Å². The predicted octanol–water partition coefficient (Wildman–Crippen LogP) is 7.70. The first-order valence-corrected chi connectivity index (χ1v) is 12.3. The molecule has 1 aromatic heterocycles. The molecule has 0 saturated carbocycles. The minimum atomic E-state index is -4.61.